The highest BCUT2D eigenvalue weighted by atomic mass is 16.5. The molecular weight excluding hydrogens is 238 g/mol. The average Bonchev–Trinajstić information content (AvgIpc) is 3.05. The molecule has 102 valence electrons. The fourth-order valence-corrected chi connectivity index (χ4v) is 2.88. The molecule has 0 spiro atoms. The summed E-state index contributed by atoms with van der Waals surface area (Å²) in [5.41, 5.74) is 2.21. The fraction of sp³-hybridized carbons (Fsp3) is 0.500. The minimum absolute atomic E-state index is 0.276. The maximum absolute atomic E-state index is 6.06. The van der Waals surface area contributed by atoms with Crippen LogP contribution in [-0.4, -0.2) is 20.3 Å². The number of rotatable bonds is 4. The topological polar surface area (TPSA) is 34.4 Å². The Bertz CT molecular complexity index is 555. The van der Waals surface area contributed by atoms with E-state index in [9.17, 15) is 0 Å². The first-order chi connectivity index (χ1) is 9.28. The summed E-state index contributed by atoms with van der Waals surface area (Å²) in [5, 5.41) is 4.57. The number of fused-ring (bicyclic) bond motifs is 1. The van der Waals surface area contributed by atoms with Gasteiger partial charge in [0.2, 0.25) is 0 Å². The van der Waals surface area contributed by atoms with Crippen LogP contribution in [-0.2, 0) is 4.74 Å². The van der Waals surface area contributed by atoms with Gasteiger partial charge in [-0.1, -0.05) is 18.2 Å². The van der Waals surface area contributed by atoms with Gasteiger partial charge in [0.25, 0.3) is 0 Å². The molecule has 1 saturated heterocycles. The zero-order valence-electron chi connectivity index (χ0n) is 11.6. The number of hydrogen-bond donors (Lipinski definition) is 1. The van der Waals surface area contributed by atoms with Crippen molar-refractivity contribution in [2.45, 2.75) is 25.8 Å². The summed E-state index contributed by atoms with van der Waals surface area (Å²) < 4.78 is 11.5. The van der Waals surface area contributed by atoms with Crippen LogP contribution in [0.15, 0.2) is 28.7 Å². The van der Waals surface area contributed by atoms with Crippen LogP contribution in [0.2, 0.25) is 0 Å². The molecular formula is C16H21NO2. The van der Waals surface area contributed by atoms with E-state index in [2.05, 4.69) is 36.5 Å². The lowest BCUT2D eigenvalue weighted by Crippen LogP contribution is -2.19. The van der Waals surface area contributed by atoms with E-state index >= 15 is 0 Å². The molecule has 1 aliphatic rings. The lowest BCUT2D eigenvalue weighted by Gasteiger charge is -2.16. The second-order valence-corrected chi connectivity index (χ2v) is 5.45. The molecule has 0 bridgehead atoms. The first kappa shape index (κ1) is 12.7. The minimum atomic E-state index is 0.276. The molecule has 3 nitrogen and oxygen atoms in total. The van der Waals surface area contributed by atoms with Crippen molar-refractivity contribution in [3.05, 3.63) is 35.6 Å². The molecule has 0 radical (unpaired) electrons. The van der Waals surface area contributed by atoms with Gasteiger partial charge < -0.3 is 14.5 Å². The SMILES string of the molecule is CNC(CC1CCOC1)c1cc2cccc(C)c2o1. The highest BCUT2D eigenvalue weighted by molar-refractivity contribution is 5.80. The normalized spacial score (nSPS) is 21.1. The first-order valence-electron chi connectivity index (χ1n) is 7.02. The van der Waals surface area contributed by atoms with Crippen LogP contribution in [0.4, 0.5) is 0 Å². The van der Waals surface area contributed by atoms with Crippen LogP contribution in [0.1, 0.15) is 30.2 Å². The third kappa shape index (κ3) is 2.53. The lowest BCUT2D eigenvalue weighted by atomic mass is 9.97. The van der Waals surface area contributed by atoms with Crippen molar-refractivity contribution < 1.29 is 9.15 Å². The summed E-state index contributed by atoms with van der Waals surface area (Å²) in [7, 11) is 2.00. The molecule has 3 heteroatoms. The molecule has 2 atom stereocenters. The van der Waals surface area contributed by atoms with E-state index in [1.807, 2.05) is 7.05 Å². The van der Waals surface area contributed by atoms with E-state index in [4.69, 9.17) is 9.15 Å². The van der Waals surface area contributed by atoms with Crippen molar-refractivity contribution in [2.75, 3.05) is 20.3 Å². The summed E-state index contributed by atoms with van der Waals surface area (Å²) in [4.78, 5) is 0. The van der Waals surface area contributed by atoms with Crippen molar-refractivity contribution >= 4 is 11.0 Å². The van der Waals surface area contributed by atoms with Crippen LogP contribution >= 0.6 is 0 Å². The third-order valence-electron chi connectivity index (χ3n) is 4.04. The van der Waals surface area contributed by atoms with Gasteiger partial charge in [0.15, 0.2) is 0 Å². The second kappa shape index (κ2) is 5.35. The van der Waals surface area contributed by atoms with E-state index in [1.54, 1.807) is 0 Å². The Morgan fingerprint density at radius 2 is 2.32 bits per heavy atom. The average molecular weight is 259 g/mol. The molecule has 0 saturated carbocycles. The quantitative estimate of drug-likeness (QED) is 0.913. The van der Waals surface area contributed by atoms with E-state index in [0.29, 0.717) is 5.92 Å². The number of aryl methyl sites for hydroxylation is 1. The molecule has 3 rings (SSSR count). The fourth-order valence-electron chi connectivity index (χ4n) is 2.88. The Kier molecular flexibility index (Phi) is 3.58. The van der Waals surface area contributed by atoms with E-state index in [0.717, 1.165) is 37.4 Å². The molecule has 2 unspecified atom stereocenters. The Hall–Kier alpha value is -1.32. The van der Waals surface area contributed by atoms with Crippen molar-refractivity contribution in [1.29, 1.82) is 0 Å². The lowest BCUT2D eigenvalue weighted by molar-refractivity contribution is 0.181. The Labute approximate surface area is 113 Å². The predicted molar refractivity (Wildman–Crippen MR) is 76.3 cm³/mol. The minimum Gasteiger partial charge on any atom is -0.459 e. The Balaban J connectivity index is 1.86. The van der Waals surface area contributed by atoms with Crippen molar-refractivity contribution in [2.24, 2.45) is 5.92 Å². The molecule has 0 amide bonds. The monoisotopic (exact) mass is 259 g/mol. The van der Waals surface area contributed by atoms with Crippen LogP contribution in [0.3, 0.4) is 0 Å². The molecule has 0 aliphatic carbocycles. The van der Waals surface area contributed by atoms with Gasteiger partial charge in [-0.2, -0.15) is 0 Å². The number of ether oxygens (including phenoxy) is 1. The molecule has 2 heterocycles. The maximum atomic E-state index is 6.06. The van der Waals surface area contributed by atoms with E-state index in [-0.39, 0.29) is 6.04 Å². The van der Waals surface area contributed by atoms with Gasteiger partial charge in [0.05, 0.1) is 6.04 Å². The number of furan rings is 1. The summed E-state index contributed by atoms with van der Waals surface area (Å²) in [6, 6.07) is 8.73. The molecule has 2 aromatic rings. The number of nitrogens with one attached hydrogen (secondary N) is 1. The van der Waals surface area contributed by atoms with Gasteiger partial charge in [-0.05, 0) is 44.4 Å². The van der Waals surface area contributed by atoms with Gasteiger partial charge in [-0.15, -0.1) is 0 Å². The Morgan fingerprint density at radius 1 is 1.42 bits per heavy atom. The van der Waals surface area contributed by atoms with Crippen molar-refractivity contribution in [3.63, 3.8) is 0 Å². The number of benzene rings is 1. The van der Waals surface area contributed by atoms with Crippen LogP contribution in [0.25, 0.3) is 11.0 Å². The largest absolute Gasteiger partial charge is 0.459 e. The molecule has 1 aromatic heterocycles. The smallest absolute Gasteiger partial charge is 0.137 e. The summed E-state index contributed by atoms with van der Waals surface area (Å²) in [6.45, 7) is 3.88. The van der Waals surface area contributed by atoms with Gasteiger partial charge in [-0.3, -0.25) is 0 Å². The van der Waals surface area contributed by atoms with E-state index < -0.39 is 0 Å². The van der Waals surface area contributed by atoms with Crippen LogP contribution in [0, 0.1) is 12.8 Å². The highest BCUT2D eigenvalue weighted by Gasteiger charge is 2.23. The molecule has 19 heavy (non-hydrogen) atoms. The van der Waals surface area contributed by atoms with Gasteiger partial charge in [-0.25, -0.2) is 0 Å². The van der Waals surface area contributed by atoms with Crippen molar-refractivity contribution in [1.82, 2.24) is 5.32 Å². The van der Waals surface area contributed by atoms with E-state index in [1.165, 1.54) is 10.9 Å². The number of para-hydroxylation sites is 1. The summed E-state index contributed by atoms with van der Waals surface area (Å²) >= 11 is 0. The second-order valence-electron chi connectivity index (χ2n) is 5.45. The number of hydrogen-bond acceptors (Lipinski definition) is 3. The molecule has 1 N–H and O–H groups in total. The zero-order valence-corrected chi connectivity index (χ0v) is 11.6. The van der Waals surface area contributed by atoms with Crippen LogP contribution in [0.5, 0.6) is 0 Å². The van der Waals surface area contributed by atoms with Crippen molar-refractivity contribution in [3.8, 4) is 0 Å². The van der Waals surface area contributed by atoms with Gasteiger partial charge in [0, 0.05) is 18.6 Å². The van der Waals surface area contributed by atoms with Crippen LogP contribution < -0.4 is 5.32 Å². The first-order valence-corrected chi connectivity index (χ1v) is 7.02. The summed E-state index contributed by atoms with van der Waals surface area (Å²) in [5.74, 6) is 1.69. The Morgan fingerprint density at radius 3 is 3.00 bits per heavy atom. The third-order valence-corrected chi connectivity index (χ3v) is 4.04. The highest BCUT2D eigenvalue weighted by Crippen LogP contribution is 2.31. The van der Waals surface area contributed by atoms with Gasteiger partial charge in [0.1, 0.15) is 11.3 Å². The maximum Gasteiger partial charge on any atom is 0.137 e. The van der Waals surface area contributed by atoms with Gasteiger partial charge >= 0.3 is 0 Å². The molecule has 1 aromatic carbocycles. The summed E-state index contributed by atoms with van der Waals surface area (Å²) in [6.07, 6.45) is 2.24. The molecule has 1 aliphatic heterocycles. The zero-order chi connectivity index (χ0) is 13.2. The standard InChI is InChI=1S/C16H21NO2/c1-11-4-3-5-13-9-15(19-16(11)13)14(17-2)8-12-6-7-18-10-12/h3-5,9,12,14,17H,6-8,10H2,1-2H3. The predicted octanol–water partition coefficient (Wildman–Crippen LogP) is 3.43. The molecule has 1 fully saturated rings.